The van der Waals surface area contributed by atoms with E-state index in [1.54, 1.807) is 7.11 Å². The van der Waals surface area contributed by atoms with E-state index in [-0.39, 0.29) is 0 Å². The van der Waals surface area contributed by atoms with Crippen LogP contribution in [0.3, 0.4) is 0 Å². The van der Waals surface area contributed by atoms with E-state index in [2.05, 4.69) is 27.0 Å². The molecule has 4 rings (SSSR count). The highest BCUT2D eigenvalue weighted by Gasteiger charge is 2.25. The maximum absolute atomic E-state index is 5.23. The summed E-state index contributed by atoms with van der Waals surface area (Å²) < 4.78 is 7.43. The zero-order chi connectivity index (χ0) is 14.9. The van der Waals surface area contributed by atoms with E-state index in [0.29, 0.717) is 0 Å². The van der Waals surface area contributed by atoms with Gasteiger partial charge in [0, 0.05) is 44.7 Å². The normalized spacial score (nSPS) is 17.9. The third kappa shape index (κ3) is 2.51. The van der Waals surface area contributed by atoms with Crippen molar-refractivity contribution >= 4 is 0 Å². The number of hydrogen-bond acceptors (Lipinski definition) is 4. The molecule has 0 radical (unpaired) electrons. The van der Waals surface area contributed by atoms with Gasteiger partial charge in [0.05, 0.1) is 25.0 Å². The second-order valence-corrected chi connectivity index (χ2v) is 6.08. The first-order valence-corrected chi connectivity index (χ1v) is 7.97. The molecule has 0 spiro atoms. The van der Waals surface area contributed by atoms with Crippen molar-refractivity contribution in [2.24, 2.45) is 0 Å². The van der Waals surface area contributed by atoms with Gasteiger partial charge in [-0.15, -0.1) is 0 Å². The zero-order valence-corrected chi connectivity index (χ0v) is 13.0. The lowest BCUT2D eigenvalue weighted by Gasteiger charge is -2.27. The van der Waals surface area contributed by atoms with E-state index in [1.807, 2.05) is 12.1 Å². The molecule has 3 heterocycles. The van der Waals surface area contributed by atoms with Gasteiger partial charge in [0.25, 0.3) is 0 Å². The summed E-state index contributed by atoms with van der Waals surface area (Å²) in [6, 6.07) is 8.39. The highest BCUT2D eigenvalue weighted by Crippen LogP contribution is 2.25. The third-order valence-electron chi connectivity index (χ3n) is 4.65. The fraction of sp³-hybridized carbons (Fsp3) is 0.471. The minimum Gasteiger partial charge on any atom is -0.497 e. The van der Waals surface area contributed by atoms with Crippen LogP contribution in [0.2, 0.25) is 0 Å². The van der Waals surface area contributed by atoms with Crippen LogP contribution in [0.5, 0.6) is 5.75 Å². The first-order valence-electron chi connectivity index (χ1n) is 7.97. The van der Waals surface area contributed by atoms with Crippen LogP contribution in [0.25, 0.3) is 0 Å². The fourth-order valence-electron chi connectivity index (χ4n) is 3.44. The van der Waals surface area contributed by atoms with E-state index in [4.69, 9.17) is 9.84 Å². The molecule has 1 aromatic heterocycles. The minimum atomic E-state index is 0.918. The Hall–Kier alpha value is -1.85. The van der Waals surface area contributed by atoms with Crippen LogP contribution in [0.4, 0.5) is 0 Å². The van der Waals surface area contributed by atoms with Crippen molar-refractivity contribution in [2.45, 2.75) is 32.6 Å². The van der Waals surface area contributed by atoms with Gasteiger partial charge < -0.3 is 10.1 Å². The molecule has 0 aliphatic carbocycles. The summed E-state index contributed by atoms with van der Waals surface area (Å²) in [5, 5.41) is 8.25. The topological polar surface area (TPSA) is 42.3 Å². The number of methoxy groups -OCH3 is 1. The molecule has 22 heavy (non-hydrogen) atoms. The van der Waals surface area contributed by atoms with Crippen LogP contribution >= 0.6 is 0 Å². The van der Waals surface area contributed by atoms with Crippen molar-refractivity contribution in [3.8, 4) is 5.75 Å². The van der Waals surface area contributed by atoms with Gasteiger partial charge in [0.15, 0.2) is 0 Å². The van der Waals surface area contributed by atoms with E-state index in [1.165, 1.54) is 22.5 Å². The van der Waals surface area contributed by atoms with Crippen molar-refractivity contribution in [3.63, 3.8) is 0 Å². The largest absolute Gasteiger partial charge is 0.497 e. The van der Waals surface area contributed by atoms with Crippen molar-refractivity contribution < 1.29 is 4.74 Å². The second-order valence-electron chi connectivity index (χ2n) is 6.08. The highest BCUT2D eigenvalue weighted by atomic mass is 16.5. The van der Waals surface area contributed by atoms with Crippen LogP contribution in [0.1, 0.15) is 22.5 Å². The zero-order valence-electron chi connectivity index (χ0n) is 13.0. The van der Waals surface area contributed by atoms with Gasteiger partial charge in [0.2, 0.25) is 0 Å². The van der Waals surface area contributed by atoms with Crippen LogP contribution in [-0.2, 0) is 32.6 Å². The van der Waals surface area contributed by atoms with Crippen molar-refractivity contribution in [1.29, 1.82) is 0 Å². The van der Waals surface area contributed by atoms with Crippen LogP contribution in [0, 0.1) is 0 Å². The number of nitrogens with zero attached hydrogens (tertiary/aromatic N) is 3. The monoisotopic (exact) mass is 298 g/mol. The Balaban J connectivity index is 1.50. The number of rotatable bonds is 3. The van der Waals surface area contributed by atoms with E-state index in [9.17, 15) is 0 Å². The molecule has 0 unspecified atom stereocenters. The molecule has 1 N–H and O–H groups in total. The Morgan fingerprint density at radius 3 is 2.91 bits per heavy atom. The molecule has 0 bridgehead atoms. The van der Waals surface area contributed by atoms with Crippen LogP contribution < -0.4 is 10.1 Å². The van der Waals surface area contributed by atoms with Gasteiger partial charge in [0.1, 0.15) is 5.75 Å². The molecule has 0 atom stereocenters. The van der Waals surface area contributed by atoms with Gasteiger partial charge in [-0.2, -0.15) is 5.10 Å². The lowest BCUT2D eigenvalue weighted by Crippen LogP contribution is -2.32. The second kappa shape index (κ2) is 5.74. The number of ether oxygens (including phenoxy) is 1. The van der Waals surface area contributed by atoms with Gasteiger partial charge in [-0.05, 0) is 17.7 Å². The first kappa shape index (κ1) is 13.8. The molecule has 0 saturated carbocycles. The Bertz CT molecular complexity index is 662. The van der Waals surface area contributed by atoms with Crippen molar-refractivity contribution in [2.75, 3.05) is 20.2 Å². The van der Waals surface area contributed by atoms with E-state index < -0.39 is 0 Å². The lowest BCUT2D eigenvalue weighted by atomic mass is 10.0. The highest BCUT2D eigenvalue weighted by molar-refractivity contribution is 5.31. The summed E-state index contributed by atoms with van der Waals surface area (Å²) in [6.07, 6.45) is 1.06. The predicted molar refractivity (Wildman–Crippen MR) is 84.7 cm³/mol. The summed E-state index contributed by atoms with van der Waals surface area (Å²) in [7, 11) is 1.71. The predicted octanol–water partition coefficient (Wildman–Crippen LogP) is 1.55. The standard InChI is InChI=1S/C17H22N4O/c1-22-14-4-2-13(3-5-14)11-20-8-6-16-15(12-20)17-10-18-7-9-21(17)19-16/h2-5,18H,6-12H2,1H3. The summed E-state index contributed by atoms with van der Waals surface area (Å²) in [5.41, 5.74) is 5.49. The first-order chi connectivity index (χ1) is 10.8. The molecule has 2 aliphatic rings. The van der Waals surface area contributed by atoms with Gasteiger partial charge in [-0.25, -0.2) is 0 Å². The Morgan fingerprint density at radius 1 is 1.23 bits per heavy atom. The van der Waals surface area contributed by atoms with E-state index in [0.717, 1.165) is 51.4 Å². The van der Waals surface area contributed by atoms with Gasteiger partial charge in [-0.3, -0.25) is 9.58 Å². The summed E-state index contributed by atoms with van der Waals surface area (Å²) in [5.74, 6) is 0.918. The Morgan fingerprint density at radius 2 is 2.09 bits per heavy atom. The SMILES string of the molecule is COc1ccc(CN2CCc3nn4c(c3C2)CNCC4)cc1. The molecular formula is C17H22N4O. The summed E-state index contributed by atoms with van der Waals surface area (Å²) in [4.78, 5) is 2.52. The smallest absolute Gasteiger partial charge is 0.118 e. The van der Waals surface area contributed by atoms with E-state index >= 15 is 0 Å². The molecule has 2 aromatic rings. The summed E-state index contributed by atoms with van der Waals surface area (Å²) in [6.45, 7) is 6.07. The number of benzene rings is 1. The number of nitrogens with one attached hydrogen (secondary N) is 1. The third-order valence-corrected chi connectivity index (χ3v) is 4.65. The molecular weight excluding hydrogens is 276 g/mol. The molecule has 5 nitrogen and oxygen atoms in total. The van der Waals surface area contributed by atoms with Gasteiger partial charge in [-0.1, -0.05) is 12.1 Å². The molecule has 116 valence electrons. The van der Waals surface area contributed by atoms with Crippen molar-refractivity contribution in [3.05, 3.63) is 46.8 Å². The molecule has 1 aromatic carbocycles. The quantitative estimate of drug-likeness (QED) is 0.934. The Labute approximate surface area is 130 Å². The molecule has 0 saturated heterocycles. The van der Waals surface area contributed by atoms with Gasteiger partial charge >= 0.3 is 0 Å². The average molecular weight is 298 g/mol. The van der Waals surface area contributed by atoms with Crippen LogP contribution in [0.15, 0.2) is 24.3 Å². The molecule has 0 fully saturated rings. The average Bonchev–Trinajstić information content (AvgIpc) is 2.94. The minimum absolute atomic E-state index is 0.918. The molecule has 5 heteroatoms. The van der Waals surface area contributed by atoms with Crippen LogP contribution in [-0.4, -0.2) is 34.9 Å². The Kier molecular flexibility index (Phi) is 3.60. The maximum atomic E-state index is 5.23. The number of fused-ring (bicyclic) bond motifs is 3. The summed E-state index contributed by atoms with van der Waals surface area (Å²) >= 11 is 0. The lowest BCUT2D eigenvalue weighted by molar-refractivity contribution is 0.243. The number of hydrogen-bond donors (Lipinski definition) is 1. The fourth-order valence-corrected chi connectivity index (χ4v) is 3.44. The number of aromatic nitrogens is 2. The molecule has 2 aliphatic heterocycles. The van der Waals surface area contributed by atoms with Crippen molar-refractivity contribution in [1.82, 2.24) is 20.0 Å². The maximum Gasteiger partial charge on any atom is 0.118 e. The molecule has 0 amide bonds.